The van der Waals surface area contributed by atoms with Gasteiger partial charge in [-0.2, -0.15) is 0 Å². The zero-order valence-corrected chi connectivity index (χ0v) is 17.8. The molecule has 1 aliphatic rings. The van der Waals surface area contributed by atoms with Gasteiger partial charge < -0.3 is 14.0 Å². The Hall–Kier alpha value is -1.97. The molecule has 0 unspecified atom stereocenters. The van der Waals surface area contributed by atoms with Crippen LogP contribution < -0.4 is 10.2 Å². The predicted octanol–water partition coefficient (Wildman–Crippen LogP) is 3.60. The standard InChI is InChI=1S/C20H23BF2O5S/c1-19(2)20(3,4)28-21(27-19)15-10-13(12-29(5,24)25)6-8-17(15)26-18-9-7-14(22)11-16(18)23/h6-11H,12H2,1-5H3. The third-order valence-electron chi connectivity index (χ3n) is 5.12. The van der Waals surface area contributed by atoms with Crippen molar-refractivity contribution in [2.45, 2.75) is 44.6 Å². The molecule has 1 fully saturated rings. The van der Waals surface area contributed by atoms with E-state index in [-0.39, 0.29) is 17.3 Å². The number of hydrogen-bond donors (Lipinski definition) is 0. The van der Waals surface area contributed by atoms with Gasteiger partial charge in [-0.1, -0.05) is 12.1 Å². The quantitative estimate of drug-likeness (QED) is 0.687. The van der Waals surface area contributed by atoms with E-state index in [0.29, 0.717) is 11.0 Å². The summed E-state index contributed by atoms with van der Waals surface area (Å²) in [6.45, 7) is 7.53. The van der Waals surface area contributed by atoms with Crippen LogP contribution in [0.4, 0.5) is 8.78 Å². The van der Waals surface area contributed by atoms with E-state index in [4.69, 9.17) is 14.0 Å². The Bertz CT molecular complexity index is 1020. The fourth-order valence-electron chi connectivity index (χ4n) is 2.91. The van der Waals surface area contributed by atoms with Crippen LogP contribution in [0.15, 0.2) is 36.4 Å². The molecule has 1 heterocycles. The molecule has 0 radical (unpaired) electrons. The van der Waals surface area contributed by atoms with Gasteiger partial charge in [0.05, 0.1) is 17.0 Å². The van der Waals surface area contributed by atoms with Crippen molar-refractivity contribution >= 4 is 22.4 Å². The van der Waals surface area contributed by atoms with E-state index in [1.54, 1.807) is 12.1 Å². The van der Waals surface area contributed by atoms with Crippen LogP contribution in [0.1, 0.15) is 33.3 Å². The zero-order chi connectivity index (χ0) is 21.6. The number of hydrogen-bond acceptors (Lipinski definition) is 5. The summed E-state index contributed by atoms with van der Waals surface area (Å²) in [5.41, 5.74) is -0.330. The van der Waals surface area contributed by atoms with Crippen LogP contribution in [0.5, 0.6) is 11.5 Å². The zero-order valence-electron chi connectivity index (χ0n) is 17.0. The molecule has 0 spiro atoms. The van der Waals surface area contributed by atoms with Crippen molar-refractivity contribution < 1.29 is 31.2 Å². The molecule has 0 aliphatic carbocycles. The largest absolute Gasteiger partial charge is 0.498 e. The smallest absolute Gasteiger partial charge is 0.455 e. The molecule has 1 saturated heterocycles. The van der Waals surface area contributed by atoms with E-state index < -0.39 is 39.8 Å². The van der Waals surface area contributed by atoms with Crippen LogP contribution in [0.2, 0.25) is 0 Å². The summed E-state index contributed by atoms with van der Waals surface area (Å²) in [5, 5.41) is 0. The van der Waals surface area contributed by atoms with Crippen LogP contribution in [0.25, 0.3) is 0 Å². The van der Waals surface area contributed by atoms with Crippen LogP contribution in [-0.4, -0.2) is 33.0 Å². The second kappa shape index (κ2) is 7.38. The summed E-state index contributed by atoms with van der Waals surface area (Å²) in [7, 11) is -4.12. The lowest BCUT2D eigenvalue weighted by Crippen LogP contribution is -2.41. The molecule has 0 saturated carbocycles. The van der Waals surface area contributed by atoms with E-state index >= 15 is 0 Å². The number of benzene rings is 2. The van der Waals surface area contributed by atoms with Crippen molar-refractivity contribution in [3.8, 4) is 11.5 Å². The van der Waals surface area contributed by atoms with Crippen molar-refractivity contribution in [3.63, 3.8) is 0 Å². The van der Waals surface area contributed by atoms with Gasteiger partial charge >= 0.3 is 7.12 Å². The highest BCUT2D eigenvalue weighted by Crippen LogP contribution is 2.37. The lowest BCUT2D eigenvalue weighted by Gasteiger charge is -2.32. The molecule has 9 heteroatoms. The van der Waals surface area contributed by atoms with E-state index in [1.807, 2.05) is 27.7 Å². The van der Waals surface area contributed by atoms with Crippen LogP contribution >= 0.6 is 0 Å². The van der Waals surface area contributed by atoms with Gasteiger partial charge in [0.1, 0.15) is 11.6 Å². The maximum atomic E-state index is 14.1. The van der Waals surface area contributed by atoms with Gasteiger partial charge in [-0.05, 0) is 51.5 Å². The van der Waals surface area contributed by atoms with Gasteiger partial charge in [-0.3, -0.25) is 0 Å². The average molecular weight is 424 g/mol. The minimum atomic E-state index is -3.27. The van der Waals surface area contributed by atoms with Crippen molar-refractivity contribution in [2.75, 3.05) is 6.26 Å². The lowest BCUT2D eigenvalue weighted by molar-refractivity contribution is 0.00578. The fourth-order valence-corrected chi connectivity index (χ4v) is 3.70. The highest BCUT2D eigenvalue weighted by atomic mass is 32.2. The van der Waals surface area contributed by atoms with Crippen LogP contribution in [0, 0.1) is 11.6 Å². The van der Waals surface area contributed by atoms with Crippen molar-refractivity contribution in [2.24, 2.45) is 0 Å². The number of sulfone groups is 1. The van der Waals surface area contributed by atoms with E-state index in [0.717, 1.165) is 18.4 Å². The SMILES string of the molecule is CC1(C)OB(c2cc(CS(C)(=O)=O)ccc2Oc2ccc(F)cc2F)OC1(C)C. The summed E-state index contributed by atoms with van der Waals surface area (Å²) in [5.74, 6) is -1.69. The molecule has 0 amide bonds. The summed E-state index contributed by atoms with van der Waals surface area (Å²) in [6, 6.07) is 7.71. The van der Waals surface area contributed by atoms with Gasteiger partial charge in [0.2, 0.25) is 0 Å². The molecular weight excluding hydrogens is 401 g/mol. The van der Waals surface area contributed by atoms with Crippen molar-refractivity contribution in [1.29, 1.82) is 0 Å². The monoisotopic (exact) mass is 424 g/mol. The van der Waals surface area contributed by atoms with Crippen LogP contribution in [0.3, 0.4) is 0 Å². The summed E-state index contributed by atoms with van der Waals surface area (Å²) < 4.78 is 68.5. The first-order valence-electron chi connectivity index (χ1n) is 9.06. The van der Waals surface area contributed by atoms with Crippen molar-refractivity contribution in [1.82, 2.24) is 0 Å². The topological polar surface area (TPSA) is 61.8 Å². The maximum absolute atomic E-state index is 14.1. The van der Waals surface area contributed by atoms with Gasteiger partial charge in [-0.25, -0.2) is 17.2 Å². The summed E-state index contributed by atoms with van der Waals surface area (Å²) >= 11 is 0. The molecule has 29 heavy (non-hydrogen) atoms. The Morgan fingerprint density at radius 1 is 0.966 bits per heavy atom. The Balaban J connectivity index is 2.04. The molecule has 0 atom stereocenters. The first-order chi connectivity index (χ1) is 13.3. The third kappa shape index (κ3) is 4.79. The Morgan fingerprint density at radius 2 is 1.55 bits per heavy atom. The van der Waals surface area contributed by atoms with Gasteiger partial charge in [0.25, 0.3) is 0 Å². The fraction of sp³-hybridized carbons (Fsp3) is 0.400. The van der Waals surface area contributed by atoms with Gasteiger partial charge in [-0.15, -0.1) is 0 Å². The summed E-state index contributed by atoms with van der Waals surface area (Å²) in [6.07, 6.45) is 1.14. The predicted molar refractivity (Wildman–Crippen MR) is 107 cm³/mol. The number of halogens is 2. The molecule has 0 aromatic heterocycles. The van der Waals surface area contributed by atoms with Gasteiger partial charge in [0, 0.05) is 17.8 Å². The van der Waals surface area contributed by atoms with Gasteiger partial charge in [0.15, 0.2) is 21.4 Å². The first-order valence-corrected chi connectivity index (χ1v) is 11.1. The Labute approximate surface area is 170 Å². The Kier molecular flexibility index (Phi) is 5.53. The molecule has 1 aliphatic heterocycles. The van der Waals surface area contributed by atoms with Crippen molar-refractivity contribution in [3.05, 3.63) is 53.6 Å². The third-order valence-corrected chi connectivity index (χ3v) is 5.98. The second-order valence-corrected chi connectivity index (χ2v) is 10.3. The molecule has 2 aromatic rings. The molecule has 5 nitrogen and oxygen atoms in total. The molecule has 0 bridgehead atoms. The first kappa shape index (κ1) is 21.7. The molecule has 2 aromatic carbocycles. The minimum Gasteiger partial charge on any atom is -0.455 e. The number of ether oxygens (including phenoxy) is 1. The average Bonchev–Trinajstić information content (AvgIpc) is 2.77. The second-order valence-electron chi connectivity index (χ2n) is 8.21. The highest BCUT2D eigenvalue weighted by molar-refractivity contribution is 7.89. The van der Waals surface area contributed by atoms with E-state index in [2.05, 4.69) is 0 Å². The number of rotatable bonds is 5. The molecular formula is C20H23BF2O5S. The van der Waals surface area contributed by atoms with Crippen LogP contribution in [-0.2, 0) is 24.9 Å². The normalized spacial score (nSPS) is 18.1. The lowest BCUT2D eigenvalue weighted by atomic mass is 9.77. The summed E-state index contributed by atoms with van der Waals surface area (Å²) in [4.78, 5) is 0. The molecule has 156 valence electrons. The maximum Gasteiger partial charge on any atom is 0.498 e. The highest BCUT2D eigenvalue weighted by Gasteiger charge is 2.52. The Morgan fingerprint density at radius 3 is 2.10 bits per heavy atom. The molecule has 0 N–H and O–H groups in total. The van der Waals surface area contributed by atoms with E-state index in [9.17, 15) is 17.2 Å². The minimum absolute atomic E-state index is 0.167. The van der Waals surface area contributed by atoms with E-state index in [1.165, 1.54) is 12.1 Å². The molecule has 3 rings (SSSR count).